The lowest BCUT2D eigenvalue weighted by Crippen LogP contribution is -2.43. The van der Waals surface area contributed by atoms with E-state index < -0.39 is 5.97 Å². The smallest absolute Gasteiger partial charge is 0.321 e. The first kappa shape index (κ1) is 17.0. The van der Waals surface area contributed by atoms with Gasteiger partial charge in [0.2, 0.25) is 0 Å². The van der Waals surface area contributed by atoms with Crippen LogP contribution in [0.15, 0.2) is 30.3 Å². The van der Waals surface area contributed by atoms with E-state index in [0.29, 0.717) is 19.5 Å². The maximum atomic E-state index is 12.3. The largest absolute Gasteiger partial charge is 0.481 e. The van der Waals surface area contributed by atoms with Gasteiger partial charge < -0.3 is 10.4 Å². The summed E-state index contributed by atoms with van der Waals surface area (Å²) in [5, 5.41) is 11.6. The Labute approximate surface area is 126 Å². The molecule has 0 radical (unpaired) electrons. The Bertz CT molecular complexity index is 466. The second-order valence-corrected chi connectivity index (χ2v) is 6.20. The van der Waals surface area contributed by atoms with Crippen LogP contribution in [0.4, 0.5) is 10.5 Å². The molecule has 0 unspecified atom stereocenters. The number of aliphatic carboxylic acids is 1. The second kappa shape index (κ2) is 7.67. The van der Waals surface area contributed by atoms with Crippen LogP contribution in [-0.4, -0.2) is 30.2 Å². The molecule has 0 heterocycles. The standard InChI is InChI=1S/C16H24N2O3/c1-16(2,3)12-17-15(21)18(11-7-10-14(19)20)13-8-5-4-6-9-13/h4-6,8-9H,7,10-12H2,1-3H3,(H,17,21)(H,19,20). The van der Waals surface area contributed by atoms with Crippen molar-refractivity contribution in [2.75, 3.05) is 18.0 Å². The van der Waals surface area contributed by atoms with Crippen molar-refractivity contribution in [2.24, 2.45) is 5.41 Å². The first-order valence-electron chi connectivity index (χ1n) is 7.12. The molecule has 0 saturated carbocycles. The van der Waals surface area contributed by atoms with Crippen molar-refractivity contribution in [1.82, 2.24) is 5.32 Å². The minimum absolute atomic E-state index is 0.000910. The molecule has 5 nitrogen and oxygen atoms in total. The number of nitrogens with zero attached hydrogens (tertiary/aromatic N) is 1. The molecular formula is C16H24N2O3. The third-order valence-corrected chi connectivity index (χ3v) is 2.86. The molecule has 21 heavy (non-hydrogen) atoms. The Hall–Kier alpha value is -2.04. The van der Waals surface area contributed by atoms with Crippen LogP contribution in [-0.2, 0) is 4.79 Å². The molecule has 0 saturated heterocycles. The molecule has 0 aliphatic rings. The van der Waals surface area contributed by atoms with Crippen LogP contribution in [0.5, 0.6) is 0 Å². The molecule has 1 rings (SSSR count). The van der Waals surface area contributed by atoms with E-state index in [1.165, 1.54) is 0 Å². The molecule has 2 amide bonds. The van der Waals surface area contributed by atoms with Gasteiger partial charge in [-0.3, -0.25) is 9.69 Å². The Morgan fingerprint density at radius 2 is 1.81 bits per heavy atom. The minimum Gasteiger partial charge on any atom is -0.481 e. The molecule has 0 bridgehead atoms. The summed E-state index contributed by atoms with van der Waals surface area (Å²) in [6.45, 7) is 7.08. The second-order valence-electron chi connectivity index (χ2n) is 6.20. The van der Waals surface area contributed by atoms with Gasteiger partial charge >= 0.3 is 12.0 Å². The number of para-hydroxylation sites is 1. The predicted octanol–water partition coefficient (Wildman–Crippen LogP) is 3.11. The van der Waals surface area contributed by atoms with Crippen molar-refractivity contribution in [3.63, 3.8) is 0 Å². The van der Waals surface area contributed by atoms with Gasteiger partial charge in [0.15, 0.2) is 0 Å². The number of carboxylic acids is 1. The first-order chi connectivity index (χ1) is 9.79. The van der Waals surface area contributed by atoms with Crippen molar-refractivity contribution in [1.29, 1.82) is 0 Å². The van der Waals surface area contributed by atoms with E-state index in [2.05, 4.69) is 5.32 Å². The average Bonchev–Trinajstić information content (AvgIpc) is 2.41. The molecule has 1 aromatic carbocycles. The highest BCUT2D eigenvalue weighted by Gasteiger charge is 2.18. The maximum absolute atomic E-state index is 12.3. The van der Waals surface area contributed by atoms with E-state index >= 15 is 0 Å². The monoisotopic (exact) mass is 292 g/mol. The van der Waals surface area contributed by atoms with Crippen molar-refractivity contribution >= 4 is 17.7 Å². The van der Waals surface area contributed by atoms with Crippen LogP contribution in [0.1, 0.15) is 33.6 Å². The zero-order valence-corrected chi connectivity index (χ0v) is 12.9. The van der Waals surface area contributed by atoms with Crippen LogP contribution >= 0.6 is 0 Å². The number of nitrogens with one attached hydrogen (secondary N) is 1. The zero-order chi connectivity index (χ0) is 15.9. The molecular weight excluding hydrogens is 268 g/mol. The van der Waals surface area contributed by atoms with E-state index in [-0.39, 0.29) is 17.9 Å². The highest BCUT2D eigenvalue weighted by atomic mass is 16.4. The third-order valence-electron chi connectivity index (χ3n) is 2.86. The summed E-state index contributed by atoms with van der Waals surface area (Å²) in [4.78, 5) is 24.6. The number of carboxylic acid groups (broad SMARTS) is 1. The summed E-state index contributed by atoms with van der Waals surface area (Å²) in [5.41, 5.74) is 0.772. The van der Waals surface area contributed by atoms with Crippen molar-refractivity contribution in [2.45, 2.75) is 33.6 Å². The molecule has 1 aromatic rings. The van der Waals surface area contributed by atoms with E-state index in [0.717, 1.165) is 5.69 Å². The van der Waals surface area contributed by atoms with Crippen LogP contribution in [0, 0.1) is 5.41 Å². The Morgan fingerprint density at radius 1 is 1.19 bits per heavy atom. The molecule has 0 aliphatic carbocycles. The molecule has 0 aromatic heterocycles. The SMILES string of the molecule is CC(C)(C)CNC(=O)N(CCCC(=O)O)c1ccccc1. The Balaban J connectivity index is 2.72. The minimum atomic E-state index is -0.849. The van der Waals surface area contributed by atoms with Gasteiger partial charge in [0.25, 0.3) is 0 Å². The van der Waals surface area contributed by atoms with Crippen molar-refractivity contribution < 1.29 is 14.7 Å². The van der Waals surface area contributed by atoms with Crippen LogP contribution in [0.2, 0.25) is 0 Å². The van der Waals surface area contributed by atoms with Crippen LogP contribution in [0.3, 0.4) is 0 Å². The fourth-order valence-corrected chi connectivity index (χ4v) is 1.78. The van der Waals surface area contributed by atoms with Gasteiger partial charge in [-0.25, -0.2) is 4.79 Å². The summed E-state index contributed by atoms with van der Waals surface area (Å²) in [6.07, 6.45) is 0.475. The average molecular weight is 292 g/mol. The van der Waals surface area contributed by atoms with E-state index in [1.807, 2.05) is 51.1 Å². The number of carbonyl (C=O) groups excluding carboxylic acids is 1. The molecule has 0 fully saturated rings. The lowest BCUT2D eigenvalue weighted by Gasteiger charge is -2.26. The number of carbonyl (C=O) groups is 2. The number of hydrogen-bond acceptors (Lipinski definition) is 2. The van der Waals surface area contributed by atoms with Crippen molar-refractivity contribution in [3.8, 4) is 0 Å². The molecule has 2 N–H and O–H groups in total. The van der Waals surface area contributed by atoms with Gasteiger partial charge in [-0.1, -0.05) is 39.0 Å². The van der Waals surface area contributed by atoms with Crippen LogP contribution < -0.4 is 10.2 Å². The van der Waals surface area contributed by atoms with E-state index in [4.69, 9.17) is 5.11 Å². The predicted molar refractivity (Wildman–Crippen MR) is 83.5 cm³/mol. The van der Waals surface area contributed by atoms with Gasteiger partial charge in [-0.15, -0.1) is 0 Å². The molecule has 116 valence electrons. The third kappa shape index (κ3) is 6.79. The van der Waals surface area contributed by atoms with E-state index in [9.17, 15) is 9.59 Å². The summed E-state index contributed by atoms with van der Waals surface area (Å²) in [6, 6.07) is 9.09. The number of benzene rings is 1. The molecule has 0 aliphatic heterocycles. The van der Waals surface area contributed by atoms with Gasteiger partial charge in [-0.05, 0) is 24.0 Å². The first-order valence-corrected chi connectivity index (χ1v) is 7.12. The number of amides is 2. The normalized spacial score (nSPS) is 11.0. The van der Waals surface area contributed by atoms with Gasteiger partial charge in [0.1, 0.15) is 0 Å². The van der Waals surface area contributed by atoms with Crippen molar-refractivity contribution in [3.05, 3.63) is 30.3 Å². The van der Waals surface area contributed by atoms with Gasteiger partial charge in [0, 0.05) is 25.2 Å². The number of hydrogen-bond donors (Lipinski definition) is 2. The zero-order valence-electron chi connectivity index (χ0n) is 12.9. The lowest BCUT2D eigenvalue weighted by molar-refractivity contribution is -0.137. The number of rotatable bonds is 6. The van der Waals surface area contributed by atoms with Crippen LogP contribution in [0.25, 0.3) is 0 Å². The molecule has 0 spiro atoms. The van der Waals surface area contributed by atoms with E-state index in [1.54, 1.807) is 4.90 Å². The maximum Gasteiger partial charge on any atom is 0.321 e. The molecule has 0 atom stereocenters. The summed E-state index contributed by atoms with van der Waals surface area (Å²) >= 11 is 0. The van der Waals surface area contributed by atoms with Gasteiger partial charge in [-0.2, -0.15) is 0 Å². The summed E-state index contributed by atoms with van der Waals surface area (Å²) in [5.74, 6) is -0.849. The fraction of sp³-hybridized carbons (Fsp3) is 0.500. The highest BCUT2D eigenvalue weighted by molar-refractivity contribution is 5.92. The quantitative estimate of drug-likeness (QED) is 0.846. The lowest BCUT2D eigenvalue weighted by atomic mass is 9.97. The fourth-order valence-electron chi connectivity index (χ4n) is 1.78. The Kier molecular flexibility index (Phi) is 6.21. The highest BCUT2D eigenvalue weighted by Crippen LogP contribution is 2.16. The topological polar surface area (TPSA) is 69.6 Å². The Morgan fingerprint density at radius 3 is 2.33 bits per heavy atom. The summed E-state index contributed by atoms with van der Waals surface area (Å²) < 4.78 is 0. The number of anilines is 1. The summed E-state index contributed by atoms with van der Waals surface area (Å²) in [7, 11) is 0. The number of urea groups is 1. The molecule has 5 heteroatoms. The van der Waals surface area contributed by atoms with Gasteiger partial charge in [0.05, 0.1) is 0 Å².